The van der Waals surface area contributed by atoms with Gasteiger partial charge in [0.05, 0.1) is 59.7 Å². The lowest BCUT2D eigenvalue weighted by atomic mass is 10.2. The first kappa shape index (κ1) is 26.1. The molecule has 0 radical (unpaired) electrons. The summed E-state index contributed by atoms with van der Waals surface area (Å²) in [5.41, 5.74) is 2.06. The number of aromatic nitrogens is 4. The van der Waals surface area contributed by atoms with Gasteiger partial charge in [0.1, 0.15) is 11.5 Å². The Hall–Kier alpha value is -5.00. The summed E-state index contributed by atoms with van der Waals surface area (Å²) in [4.78, 5) is 17.4. The highest BCUT2D eigenvalue weighted by atomic mass is 16.5. The van der Waals surface area contributed by atoms with Crippen LogP contribution in [0.15, 0.2) is 54.9 Å². The Labute approximate surface area is 219 Å². The number of carbonyl (C=O) groups excluding carboxylic acids is 1. The van der Waals surface area contributed by atoms with Crippen LogP contribution in [0.2, 0.25) is 0 Å². The summed E-state index contributed by atoms with van der Waals surface area (Å²) in [6.45, 7) is 0.327. The van der Waals surface area contributed by atoms with Gasteiger partial charge in [-0.1, -0.05) is 5.21 Å². The normalized spacial score (nSPS) is 10.4. The third-order valence-corrected chi connectivity index (χ3v) is 5.56. The molecule has 38 heavy (non-hydrogen) atoms. The number of nitrogens with one attached hydrogen (secondary N) is 2. The first-order valence-corrected chi connectivity index (χ1v) is 11.4. The van der Waals surface area contributed by atoms with Gasteiger partial charge in [-0.3, -0.25) is 4.79 Å². The van der Waals surface area contributed by atoms with Crippen LogP contribution in [0.4, 0.5) is 17.2 Å². The van der Waals surface area contributed by atoms with Gasteiger partial charge < -0.3 is 34.3 Å². The summed E-state index contributed by atoms with van der Waals surface area (Å²) in [6.07, 6.45) is 3.16. The third-order valence-electron chi connectivity index (χ3n) is 5.56. The Morgan fingerprint density at radius 1 is 0.868 bits per heavy atom. The summed E-state index contributed by atoms with van der Waals surface area (Å²) in [6, 6.07) is 12.4. The molecule has 2 aromatic carbocycles. The predicted molar refractivity (Wildman–Crippen MR) is 140 cm³/mol. The van der Waals surface area contributed by atoms with Crippen molar-refractivity contribution in [3.63, 3.8) is 0 Å². The molecule has 2 heterocycles. The number of benzene rings is 2. The summed E-state index contributed by atoms with van der Waals surface area (Å²) < 4.78 is 28.4. The van der Waals surface area contributed by atoms with E-state index >= 15 is 0 Å². The quantitative estimate of drug-likeness (QED) is 0.301. The van der Waals surface area contributed by atoms with E-state index in [1.165, 1.54) is 0 Å². The molecule has 0 aliphatic carbocycles. The number of anilines is 3. The number of rotatable bonds is 11. The highest BCUT2D eigenvalue weighted by Gasteiger charge is 2.17. The number of amides is 1. The van der Waals surface area contributed by atoms with E-state index in [1.54, 1.807) is 83.0 Å². The second-order valence-electron chi connectivity index (χ2n) is 7.88. The van der Waals surface area contributed by atoms with Gasteiger partial charge in [-0.05, 0) is 42.0 Å². The zero-order chi connectivity index (χ0) is 27.1. The SMILES string of the molecule is COc1ccc(Nc2ncccc2NC(=O)c2cn(Cc3cc(OC)c(OC)c(OC)c3)nn2)c(OC)c1. The van der Waals surface area contributed by atoms with Crippen LogP contribution in [0.25, 0.3) is 0 Å². The van der Waals surface area contributed by atoms with Crippen molar-refractivity contribution >= 4 is 23.1 Å². The van der Waals surface area contributed by atoms with Crippen molar-refractivity contribution in [3.05, 3.63) is 66.1 Å². The van der Waals surface area contributed by atoms with Gasteiger partial charge in [-0.25, -0.2) is 9.67 Å². The Bertz CT molecular complexity index is 1400. The second kappa shape index (κ2) is 11.8. The Morgan fingerprint density at radius 3 is 2.26 bits per heavy atom. The Kier molecular flexibility index (Phi) is 8.11. The van der Waals surface area contributed by atoms with Gasteiger partial charge >= 0.3 is 0 Å². The lowest BCUT2D eigenvalue weighted by molar-refractivity contribution is 0.102. The summed E-state index contributed by atoms with van der Waals surface area (Å²) in [5.74, 6) is 2.72. The van der Waals surface area contributed by atoms with Crippen LogP contribution in [-0.4, -0.2) is 61.4 Å². The van der Waals surface area contributed by atoms with Crippen molar-refractivity contribution in [2.45, 2.75) is 6.54 Å². The minimum atomic E-state index is -0.445. The van der Waals surface area contributed by atoms with Crippen molar-refractivity contribution in [1.29, 1.82) is 0 Å². The molecule has 0 saturated heterocycles. The lowest BCUT2D eigenvalue weighted by Crippen LogP contribution is -2.14. The fraction of sp³-hybridized carbons (Fsp3) is 0.231. The average molecular weight is 521 g/mol. The van der Waals surface area contributed by atoms with Gasteiger partial charge in [-0.15, -0.1) is 5.10 Å². The van der Waals surface area contributed by atoms with E-state index in [1.807, 2.05) is 12.1 Å². The van der Waals surface area contributed by atoms with Crippen molar-refractivity contribution in [1.82, 2.24) is 20.0 Å². The number of carbonyl (C=O) groups is 1. The van der Waals surface area contributed by atoms with Gasteiger partial charge in [0.25, 0.3) is 5.91 Å². The molecule has 12 nitrogen and oxygen atoms in total. The molecular weight excluding hydrogens is 492 g/mol. The van der Waals surface area contributed by atoms with Crippen LogP contribution in [0.5, 0.6) is 28.7 Å². The molecule has 0 bridgehead atoms. The van der Waals surface area contributed by atoms with Crippen LogP contribution in [0.1, 0.15) is 16.1 Å². The van der Waals surface area contributed by atoms with Gasteiger partial charge in [0, 0.05) is 12.3 Å². The second-order valence-corrected chi connectivity index (χ2v) is 7.88. The molecule has 0 aliphatic heterocycles. The molecule has 1 amide bonds. The number of hydrogen-bond donors (Lipinski definition) is 2. The Morgan fingerprint density at radius 2 is 1.61 bits per heavy atom. The maximum absolute atomic E-state index is 13.0. The van der Waals surface area contributed by atoms with Crippen LogP contribution in [0.3, 0.4) is 0 Å². The zero-order valence-electron chi connectivity index (χ0n) is 21.6. The summed E-state index contributed by atoms with van der Waals surface area (Å²) in [5, 5.41) is 14.1. The number of pyridine rings is 1. The van der Waals surface area contributed by atoms with E-state index in [2.05, 4.69) is 25.9 Å². The molecular formula is C26H28N6O6. The maximum atomic E-state index is 13.0. The van der Waals surface area contributed by atoms with E-state index in [0.717, 1.165) is 5.56 Å². The molecule has 198 valence electrons. The average Bonchev–Trinajstić information content (AvgIpc) is 3.42. The molecule has 2 aromatic heterocycles. The van der Waals surface area contributed by atoms with E-state index < -0.39 is 5.91 Å². The van der Waals surface area contributed by atoms with Crippen LogP contribution < -0.4 is 34.3 Å². The minimum absolute atomic E-state index is 0.134. The highest BCUT2D eigenvalue weighted by Crippen LogP contribution is 2.38. The fourth-order valence-corrected chi connectivity index (χ4v) is 3.71. The van der Waals surface area contributed by atoms with E-state index in [9.17, 15) is 4.79 Å². The third kappa shape index (κ3) is 5.69. The highest BCUT2D eigenvalue weighted by molar-refractivity contribution is 6.04. The zero-order valence-corrected chi connectivity index (χ0v) is 21.6. The Balaban J connectivity index is 1.50. The number of ether oxygens (including phenoxy) is 5. The molecule has 12 heteroatoms. The summed E-state index contributed by atoms with van der Waals surface area (Å²) >= 11 is 0. The standard InChI is InChI=1S/C26H28N6O6/c1-34-17-8-9-18(21(13-17)35-2)28-25-19(7-6-10-27-25)29-26(33)20-15-32(31-30-20)14-16-11-22(36-3)24(38-5)23(12-16)37-4/h6-13,15H,14H2,1-5H3,(H,27,28)(H,29,33). The molecule has 4 aromatic rings. The maximum Gasteiger partial charge on any atom is 0.277 e. The van der Waals surface area contributed by atoms with Crippen molar-refractivity contribution in [2.24, 2.45) is 0 Å². The lowest BCUT2D eigenvalue weighted by Gasteiger charge is -2.14. The fourth-order valence-electron chi connectivity index (χ4n) is 3.71. The minimum Gasteiger partial charge on any atom is -0.497 e. The van der Waals surface area contributed by atoms with Crippen LogP contribution >= 0.6 is 0 Å². The molecule has 0 fully saturated rings. The monoisotopic (exact) mass is 520 g/mol. The van der Waals surface area contributed by atoms with Gasteiger partial charge in [0.2, 0.25) is 5.75 Å². The van der Waals surface area contributed by atoms with Crippen LogP contribution in [-0.2, 0) is 6.54 Å². The molecule has 0 saturated carbocycles. The smallest absolute Gasteiger partial charge is 0.277 e. The van der Waals surface area contributed by atoms with E-state index in [-0.39, 0.29) is 5.69 Å². The van der Waals surface area contributed by atoms with Gasteiger partial charge in [0.15, 0.2) is 23.0 Å². The molecule has 0 unspecified atom stereocenters. The molecule has 0 spiro atoms. The number of nitrogens with zero attached hydrogens (tertiary/aromatic N) is 4. The van der Waals surface area contributed by atoms with Gasteiger partial charge in [-0.2, -0.15) is 0 Å². The first-order chi connectivity index (χ1) is 18.5. The largest absolute Gasteiger partial charge is 0.497 e. The molecule has 0 aliphatic rings. The molecule has 0 atom stereocenters. The van der Waals surface area contributed by atoms with Crippen molar-refractivity contribution in [2.75, 3.05) is 46.2 Å². The number of methoxy groups -OCH3 is 5. The topological polar surface area (TPSA) is 131 Å². The van der Waals surface area contributed by atoms with E-state index in [0.29, 0.717) is 52.5 Å². The predicted octanol–water partition coefficient (Wildman–Crippen LogP) is 3.76. The number of hydrogen-bond acceptors (Lipinski definition) is 10. The molecule has 4 rings (SSSR count). The summed E-state index contributed by atoms with van der Waals surface area (Å²) in [7, 11) is 7.77. The van der Waals surface area contributed by atoms with E-state index in [4.69, 9.17) is 23.7 Å². The first-order valence-electron chi connectivity index (χ1n) is 11.4. The molecule has 2 N–H and O–H groups in total. The van der Waals surface area contributed by atoms with Crippen molar-refractivity contribution in [3.8, 4) is 28.7 Å². The van der Waals surface area contributed by atoms with Crippen LogP contribution in [0, 0.1) is 0 Å². The van der Waals surface area contributed by atoms with Crippen molar-refractivity contribution < 1.29 is 28.5 Å².